The highest BCUT2D eigenvalue weighted by Crippen LogP contribution is 2.32. The van der Waals surface area contributed by atoms with Crippen LogP contribution in [0.4, 0.5) is 11.4 Å². The van der Waals surface area contributed by atoms with Gasteiger partial charge < -0.3 is 24.7 Å². The van der Waals surface area contributed by atoms with E-state index in [0.717, 1.165) is 0 Å². The minimum atomic E-state index is -4.32. The third-order valence-electron chi connectivity index (χ3n) is 4.89. The van der Waals surface area contributed by atoms with E-state index in [-0.39, 0.29) is 44.7 Å². The van der Waals surface area contributed by atoms with Crippen molar-refractivity contribution >= 4 is 45.4 Å². The van der Waals surface area contributed by atoms with Gasteiger partial charge in [0.1, 0.15) is 16.5 Å². The maximum Gasteiger partial charge on any atom is 0.339 e. The number of nitrogens with one attached hydrogen (secondary N) is 2. The van der Waals surface area contributed by atoms with E-state index >= 15 is 0 Å². The molecule has 0 atom stereocenters. The molecule has 2 amide bonds. The SMILES string of the molecule is COc1ccc(/C=C(\C#N)C(=O)Nc2cccc(C(=O)O)c2)cc1OS(=O)(=O)c1ccc(NC(C)=O)cc1. The molecule has 194 valence electrons. The molecule has 11 nitrogen and oxygen atoms in total. The first kappa shape index (κ1) is 27.4. The van der Waals surface area contributed by atoms with Crippen molar-refractivity contribution in [2.45, 2.75) is 11.8 Å². The number of ether oxygens (including phenoxy) is 1. The van der Waals surface area contributed by atoms with Gasteiger partial charge in [-0.25, -0.2) is 4.79 Å². The summed E-state index contributed by atoms with van der Waals surface area (Å²) < 4.78 is 36.1. The minimum Gasteiger partial charge on any atom is -0.493 e. The molecule has 0 aromatic heterocycles. The van der Waals surface area contributed by atoms with Gasteiger partial charge in [-0.15, -0.1) is 0 Å². The van der Waals surface area contributed by atoms with Crippen LogP contribution in [0, 0.1) is 11.3 Å². The third-order valence-corrected chi connectivity index (χ3v) is 6.14. The Balaban J connectivity index is 1.86. The Hall–Kier alpha value is -5.15. The Morgan fingerprint density at radius 3 is 2.26 bits per heavy atom. The van der Waals surface area contributed by atoms with E-state index in [0.29, 0.717) is 5.69 Å². The largest absolute Gasteiger partial charge is 0.493 e. The molecule has 0 bridgehead atoms. The van der Waals surface area contributed by atoms with Gasteiger partial charge in [0.2, 0.25) is 5.91 Å². The van der Waals surface area contributed by atoms with Crippen molar-refractivity contribution in [3.63, 3.8) is 0 Å². The van der Waals surface area contributed by atoms with Gasteiger partial charge in [-0.2, -0.15) is 13.7 Å². The maximum absolute atomic E-state index is 12.8. The Kier molecular flexibility index (Phi) is 8.46. The standard InChI is InChI=1S/C26H21N3O8S/c1-16(30)28-20-7-9-22(10-8-20)38(34,35)37-24-13-17(6-11-23(24)36-2)12-19(15-27)25(31)29-21-5-3-4-18(14-21)26(32)33/h3-14H,1-2H3,(H,28,30)(H,29,31)(H,32,33)/b19-12+. The summed E-state index contributed by atoms with van der Waals surface area (Å²) in [5.41, 5.74) is 0.443. The number of benzene rings is 3. The van der Waals surface area contributed by atoms with Crippen molar-refractivity contribution in [2.24, 2.45) is 0 Å². The molecule has 0 aliphatic heterocycles. The first-order valence-electron chi connectivity index (χ1n) is 10.8. The fourth-order valence-electron chi connectivity index (χ4n) is 3.17. The lowest BCUT2D eigenvalue weighted by molar-refractivity contribution is -0.114. The molecule has 0 heterocycles. The van der Waals surface area contributed by atoms with Crippen LogP contribution in [0.5, 0.6) is 11.5 Å². The monoisotopic (exact) mass is 535 g/mol. The summed E-state index contributed by atoms with van der Waals surface area (Å²) in [6.07, 6.45) is 1.21. The number of hydrogen-bond acceptors (Lipinski definition) is 8. The molecule has 3 aromatic carbocycles. The van der Waals surface area contributed by atoms with Gasteiger partial charge in [0.25, 0.3) is 5.91 Å². The van der Waals surface area contributed by atoms with Gasteiger partial charge in [-0.3, -0.25) is 9.59 Å². The molecular weight excluding hydrogens is 514 g/mol. The average Bonchev–Trinajstić information content (AvgIpc) is 2.87. The summed E-state index contributed by atoms with van der Waals surface area (Å²) in [6, 6.07) is 16.7. The van der Waals surface area contributed by atoms with Gasteiger partial charge in [-0.1, -0.05) is 12.1 Å². The summed E-state index contributed by atoms with van der Waals surface area (Å²) in [5.74, 6) is -2.42. The van der Waals surface area contributed by atoms with Crippen molar-refractivity contribution in [3.05, 3.63) is 83.4 Å². The number of carbonyl (C=O) groups excluding carboxylic acids is 2. The molecular formula is C26H21N3O8S. The van der Waals surface area contributed by atoms with Crippen molar-refractivity contribution in [1.29, 1.82) is 5.26 Å². The first-order chi connectivity index (χ1) is 18.0. The number of hydrogen-bond donors (Lipinski definition) is 3. The number of nitriles is 1. The predicted molar refractivity (Wildman–Crippen MR) is 137 cm³/mol. The minimum absolute atomic E-state index is 0.0480. The first-order valence-corrected chi connectivity index (χ1v) is 12.2. The van der Waals surface area contributed by atoms with Crippen molar-refractivity contribution in [2.75, 3.05) is 17.7 Å². The van der Waals surface area contributed by atoms with E-state index in [1.54, 1.807) is 6.07 Å². The number of nitrogens with zero attached hydrogens (tertiary/aromatic N) is 1. The fourth-order valence-corrected chi connectivity index (χ4v) is 4.10. The van der Waals surface area contributed by atoms with Crippen LogP contribution in [0.25, 0.3) is 6.08 Å². The smallest absolute Gasteiger partial charge is 0.339 e. The zero-order valence-electron chi connectivity index (χ0n) is 20.1. The van der Waals surface area contributed by atoms with Gasteiger partial charge in [0.05, 0.1) is 12.7 Å². The summed E-state index contributed by atoms with van der Waals surface area (Å²) in [6.45, 7) is 1.32. The number of carboxylic acids is 1. The molecule has 0 unspecified atom stereocenters. The molecule has 0 saturated carbocycles. The molecule has 3 N–H and O–H groups in total. The normalized spacial score (nSPS) is 11.1. The lowest BCUT2D eigenvalue weighted by atomic mass is 10.1. The lowest BCUT2D eigenvalue weighted by Gasteiger charge is -2.12. The van der Waals surface area contributed by atoms with Crippen LogP contribution in [0.1, 0.15) is 22.8 Å². The lowest BCUT2D eigenvalue weighted by Crippen LogP contribution is -2.14. The van der Waals surface area contributed by atoms with Gasteiger partial charge in [0, 0.05) is 18.3 Å². The molecule has 12 heteroatoms. The highest BCUT2D eigenvalue weighted by atomic mass is 32.2. The highest BCUT2D eigenvalue weighted by molar-refractivity contribution is 7.87. The van der Waals surface area contributed by atoms with Crippen LogP contribution in [-0.2, 0) is 19.7 Å². The second kappa shape index (κ2) is 11.7. The average molecular weight is 536 g/mol. The van der Waals surface area contributed by atoms with E-state index in [4.69, 9.17) is 14.0 Å². The molecule has 0 saturated heterocycles. The zero-order chi connectivity index (χ0) is 27.9. The number of rotatable bonds is 9. The molecule has 38 heavy (non-hydrogen) atoms. The molecule has 3 aromatic rings. The van der Waals surface area contributed by atoms with Gasteiger partial charge >= 0.3 is 16.1 Å². The number of carbonyl (C=O) groups is 3. The summed E-state index contributed by atoms with van der Waals surface area (Å²) in [4.78, 5) is 34.7. The Morgan fingerprint density at radius 1 is 0.947 bits per heavy atom. The third kappa shape index (κ3) is 6.96. The van der Waals surface area contributed by atoms with E-state index < -0.39 is 22.0 Å². The molecule has 0 radical (unpaired) electrons. The van der Waals surface area contributed by atoms with Crippen molar-refractivity contribution in [1.82, 2.24) is 0 Å². The van der Waals surface area contributed by atoms with Crippen LogP contribution in [0.15, 0.2) is 77.2 Å². The van der Waals surface area contributed by atoms with Crippen LogP contribution in [0.3, 0.4) is 0 Å². The predicted octanol–water partition coefficient (Wildman–Crippen LogP) is 3.67. The zero-order valence-corrected chi connectivity index (χ0v) is 20.9. The molecule has 0 aliphatic rings. The second-order valence-corrected chi connectivity index (χ2v) is 9.21. The van der Waals surface area contributed by atoms with Crippen LogP contribution >= 0.6 is 0 Å². The number of aromatic carboxylic acids is 1. The quantitative estimate of drug-likeness (QED) is 0.210. The number of methoxy groups -OCH3 is 1. The second-order valence-electron chi connectivity index (χ2n) is 7.66. The van der Waals surface area contributed by atoms with E-state index in [2.05, 4.69) is 10.6 Å². The van der Waals surface area contributed by atoms with Crippen LogP contribution < -0.4 is 19.6 Å². The summed E-state index contributed by atoms with van der Waals surface area (Å²) in [5, 5.41) is 23.6. The summed E-state index contributed by atoms with van der Waals surface area (Å²) in [7, 11) is -3.00. The van der Waals surface area contributed by atoms with Crippen molar-refractivity contribution < 1.29 is 36.8 Å². The fraction of sp³-hybridized carbons (Fsp3) is 0.0769. The molecule has 3 rings (SSSR count). The van der Waals surface area contributed by atoms with Gasteiger partial charge in [-0.05, 0) is 66.2 Å². The van der Waals surface area contributed by atoms with Crippen LogP contribution in [-0.4, -0.2) is 38.4 Å². The summed E-state index contributed by atoms with van der Waals surface area (Å²) >= 11 is 0. The highest BCUT2D eigenvalue weighted by Gasteiger charge is 2.20. The van der Waals surface area contributed by atoms with E-state index in [1.807, 2.05) is 0 Å². The maximum atomic E-state index is 12.8. The molecule has 0 aliphatic carbocycles. The number of anilines is 2. The molecule has 0 spiro atoms. The topological polar surface area (TPSA) is 172 Å². The van der Waals surface area contributed by atoms with Crippen molar-refractivity contribution in [3.8, 4) is 17.6 Å². The number of amides is 2. The number of carboxylic acid groups (broad SMARTS) is 1. The molecule has 0 fully saturated rings. The Morgan fingerprint density at radius 2 is 1.66 bits per heavy atom. The van der Waals surface area contributed by atoms with E-state index in [9.17, 15) is 28.1 Å². The Labute approximate surface area is 218 Å². The van der Waals surface area contributed by atoms with Crippen LogP contribution in [0.2, 0.25) is 0 Å². The van der Waals surface area contributed by atoms with Gasteiger partial charge in [0.15, 0.2) is 11.5 Å². The Bertz CT molecular complexity index is 1570. The van der Waals surface area contributed by atoms with E-state index in [1.165, 1.54) is 86.8 Å².